The Bertz CT molecular complexity index is 1110. The normalized spacial score (nSPS) is 18.3. The van der Waals surface area contributed by atoms with E-state index in [4.69, 9.17) is 4.74 Å². The van der Waals surface area contributed by atoms with Crippen LogP contribution in [0.15, 0.2) is 48.5 Å². The van der Waals surface area contributed by atoms with Crippen molar-refractivity contribution >= 4 is 0 Å². The Kier molecular flexibility index (Phi) is 7.67. The van der Waals surface area contributed by atoms with Gasteiger partial charge in [0.2, 0.25) is 0 Å². The summed E-state index contributed by atoms with van der Waals surface area (Å²) in [5.74, 6) is -5.21. The Morgan fingerprint density at radius 1 is 0.765 bits per heavy atom. The molecule has 0 N–H and O–H groups in total. The highest BCUT2D eigenvalue weighted by atomic mass is 19.2. The number of benzene rings is 3. The minimum absolute atomic E-state index is 0.162. The quantitative estimate of drug-likeness (QED) is 0.248. The summed E-state index contributed by atoms with van der Waals surface area (Å²) >= 11 is 0. The van der Waals surface area contributed by atoms with Crippen LogP contribution in [-0.2, 0) is 17.6 Å². The highest BCUT2D eigenvalue weighted by Gasteiger charge is 2.27. The van der Waals surface area contributed by atoms with Crippen LogP contribution in [0.1, 0.15) is 55.4 Å². The SMILES string of the molecule is CCCC1CCC(c2ccc(-c3ccc(CCc4cc(F)c(F)c(F)c4)cc3)c(F)c2F)OC1. The summed E-state index contributed by atoms with van der Waals surface area (Å²) in [5.41, 5.74) is 2.14. The first-order valence-electron chi connectivity index (χ1n) is 11.7. The average Bonchev–Trinajstić information content (AvgIpc) is 2.84. The van der Waals surface area contributed by atoms with Crippen molar-refractivity contribution in [1.29, 1.82) is 0 Å². The van der Waals surface area contributed by atoms with Gasteiger partial charge in [-0.1, -0.05) is 49.7 Å². The lowest BCUT2D eigenvalue weighted by atomic mass is 9.90. The first kappa shape index (κ1) is 24.4. The molecular weight excluding hydrogens is 447 g/mol. The van der Waals surface area contributed by atoms with Crippen LogP contribution in [0.3, 0.4) is 0 Å². The summed E-state index contributed by atoms with van der Waals surface area (Å²) in [6.45, 7) is 2.69. The van der Waals surface area contributed by atoms with Crippen LogP contribution in [-0.4, -0.2) is 6.61 Å². The van der Waals surface area contributed by atoms with Crippen molar-refractivity contribution in [1.82, 2.24) is 0 Å². The maximum Gasteiger partial charge on any atom is 0.194 e. The van der Waals surface area contributed by atoms with Crippen LogP contribution in [0.25, 0.3) is 11.1 Å². The molecule has 1 fully saturated rings. The lowest BCUT2D eigenvalue weighted by molar-refractivity contribution is -0.0214. The molecule has 1 saturated heterocycles. The number of halogens is 5. The zero-order valence-electron chi connectivity index (χ0n) is 19.0. The van der Waals surface area contributed by atoms with E-state index in [0.717, 1.165) is 37.0 Å². The van der Waals surface area contributed by atoms with Gasteiger partial charge in [0.1, 0.15) is 0 Å². The highest BCUT2D eigenvalue weighted by molar-refractivity contribution is 5.65. The van der Waals surface area contributed by atoms with Gasteiger partial charge in [0.05, 0.1) is 12.7 Å². The van der Waals surface area contributed by atoms with E-state index in [0.29, 0.717) is 42.9 Å². The van der Waals surface area contributed by atoms with E-state index in [1.807, 2.05) is 0 Å². The Morgan fingerprint density at radius 2 is 1.44 bits per heavy atom. The minimum atomic E-state index is -1.48. The summed E-state index contributed by atoms with van der Waals surface area (Å²) < 4.78 is 75.6. The van der Waals surface area contributed by atoms with Crippen LogP contribution >= 0.6 is 0 Å². The molecular formula is C28H27F5O. The topological polar surface area (TPSA) is 9.23 Å². The van der Waals surface area contributed by atoms with E-state index < -0.39 is 35.2 Å². The lowest BCUT2D eigenvalue weighted by Gasteiger charge is -2.29. The molecule has 1 aliphatic heterocycles. The van der Waals surface area contributed by atoms with Gasteiger partial charge >= 0.3 is 0 Å². The fourth-order valence-corrected chi connectivity index (χ4v) is 4.62. The Morgan fingerprint density at radius 3 is 2.06 bits per heavy atom. The molecule has 180 valence electrons. The zero-order valence-corrected chi connectivity index (χ0v) is 19.0. The molecule has 1 aliphatic rings. The monoisotopic (exact) mass is 474 g/mol. The van der Waals surface area contributed by atoms with Crippen molar-refractivity contribution in [3.63, 3.8) is 0 Å². The lowest BCUT2D eigenvalue weighted by Crippen LogP contribution is -2.21. The molecule has 34 heavy (non-hydrogen) atoms. The number of aryl methyl sites for hydroxylation is 2. The van der Waals surface area contributed by atoms with Crippen molar-refractivity contribution in [2.75, 3.05) is 6.61 Å². The van der Waals surface area contributed by atoms with Crippen LogP contribution in [0.2, 0.25) is 0 Å². The summed E-state index contributed by atoms with van der Waals surface area (Å²) in [7, 11) is 0. The third-order valence-electron chi connectivity index (χ3n) is 6.54. The van der Waals surface area contributed by atoms with Gasteiger partial charge in [0.25, 0.3) is 0 Å². The number of ether oxygens (including phenoxy) is 1. The van der Waals surface area contributed by atoms with E-state index in [9.17, 15) is 22.0 Å². The van der Waals surface area contributed by atoms with Gasteiger partial charge in [0, 0.05) is 11.1 Å². The molecule has 2 unspecified atom stereocenters. The van der Waals surface area contributed by atoms with Gasteiger partial charge in [-0.2, -0.15) is 0 Å². The first-order chi connectivity index (χ1) is 16.4. The van der Waals surface area contributed by atoms with E-state index in [1.165, 1.54) is 0 Å². The zero-order chi connectivity index (χ0) is 24.2. The summed E-state index contributed by atoms with van der Waals surface area (Å²) in [4.78, 5) is 0. The van der Waals surface area contributed by atoms with Gasteiger partial charge in [0.15, 0.2) is 29.1 Å². The highest BCUT2D eigenvalue weighted by Crippen LogP contribution is 2.36. The van der Waals surface area contributed by atoms with E-state index in [-0.39, 0.29) is 11.1 Å². The summed E-state index contributed by atoms with van der Waals surface area (Å²) in [6, 6.07) is 12.0. The summed E-state index contributed by atoms with van der Waals surface area (Å²) in [6.07, 6.45) is 4.12. The van der Waals surface area contributed by atoms with Crippen molar-refractivity contribution in [3.05, 3.63) is 94.3 Å². The number of hydrogen-bond acceptors (Lipinski definition) is 1. The van der Waals surface area contributed by atoms with Crippen molar-refractivity contribution in [2.24, 2.45) is 5.92 Å². The van der Waals surface area contributed by atoms with Crippen LogP contribution in [0.4, 0.5) is 22.0 Å². The molecule has 0 spiro atoms. The Hall–Kier alpha value is -2.73. The second kappa shape index (κ2) is 10.7. The third-order valence-corrected chi connectivity index (χ3v) is 6.54. The maximum absolute atomic E-state index is 14.9. The van der Waals surface area contributed by atoms with Crippen molar-refractivity contribution < 1.29 is 26.7 Å². The summed E-state index contributed by atoms with van der Waals surface area (Å²) in [5, 5.41) is 0. The molecule has 0 amide bonds. The standard InChI is InChI=1S/C28H27F5O/c1-2-3-18-8-13-25(34-16-18)22-12-11-21(26(31)27(22)32)20-9-6-17(7-10-20)4-5-19-14-23(29)28(33)24(30)15-19/h6-7,9-12,14-15,18,25H,2-5,8,13,16H2,1H3. The fraction of sp³-hybridized carbons (Fsp3) is 0.357. The fourth-order valence-electron chi connectivity index (χ4n) is 4.62. The van der Waals surface area contributed by atoms with Gasteiger partial charge in [-0.05, 0) is 66.8 Å². The molecule has 4 rings (SSSR count). The molecule has 6 heteroatoms. The molecule has 0 saturated carbocycles. The van der Waals surface area contributed by atoms with Gasteiger partial charge in [-0.25, -0.2) is 22.0 Å². The Balaban J connectivity index is 1.44. The second-order valence-electron chi connectivity index (χ2n) is 8.95. The minimum Gasteiger partial charge on any atom is -0.373 e. The average molecular weight is 475 g/mol. The predicted molar refractivity (Wildman–Crippen MR) is 122 cm³/mol. The largest absolute Gasteiger partial charge is 0.373 e. The van der Waals surface area contributed by atoms with Crippen molar-refractivity contribution in [2.45, 2.75) is 51.6 Å². The van der Waals surface area contributed by atoms with Gasteiger partial charge < -0.3 is 4.74 Å². The molecule has 0 radical (unpaired) electrons. The number of rotatable bonds is 7. The van der Waals surface area contributed by atoms with E-state index >= 15 is 0 Å². The molecule has 1 nitrogen and oxygen atoms in total. The van der Waals surface area contributed by atoms with Crippen LogP contribution in [0.5, 0.6) is 0 Å². The molecule has 3 aromatic carbocycles. The maximum atomic E-state index is 14.9. The van der Waals surface area contributed by atoms with Crippen molar-refractivity contribution in [3.8, 4) is 11.1 Å². The third kappa shape index (κ3) is 5.33. The van der Waals surface area contributed by atoms with Gasteiger partial charge in [-0.3, -0.25) is 0 Å². The molecule has 3 aromatic rings. The molecule has 0 aliphatic carbocycles. The smallest absolute Gasteiger partial charge is 0.194 e. The first-order valence-corrected chi connectivity index (χ1v) is 11.7. The molecule has 1 heterocycles. The van der Waals surface area contributed by atoms with E-state index in [1.54, 1.807) is 36.4 Å². The van der Waals surface area contributed by atoms with Gasteiger partial charge in [-0.15, -0.1) is 0 Å². The predicted octanol–water partition coefficient (Wildman–Crippen LogP) is 8.10. The van der Waals surface area contributed by atoms with Crippen LogP contribution < -0.4 is 0 Å². The molecule has 0 aromatic heterocycles. The van der Waals surface area contributed by atoms with E-state index in [2.05, 4.69) is 6.92 Å². The Labute approximate surface area is 196 Å². The number of hydrogen-bond donors (Lipinski definition) is 0. The molecule has 2 atom stereocenters. The van der Waals surface area contributed by atoms with Crippen LogP contribution in [0, 0.1) is 35.0 Å². The second-order valence-corrected chi connectivity index (χ2v) is 8.95. The molecule has 0 bridgehead atoms.